The molecule has 0 N–H and O–H groups in total. The lowest BCUT2D eigenvalue weighted by Crippen LogP contribution is -2.56. The van der Waals surface area contributed by atoms with Crippen molar-refractivity contribution in [3.8, 4) is 0 Å². The van der Waals surface area contributed by atoms with Crippen molar-refractivity contribution in [3.63, 3.8) is 0 Å². The molecule has 0 aliphatic carbocycles. The number of nitrogens with zero attached hydrogens (tertiary/aromatic N) is 2. The average Bonchev–Trinajstić information content (AvgIpc) is 2.37. The first-order valence-corrected chi connectivity index (χ1v) is 6.91. The van der Waals surface area contributed by atoms with Gasteiger partial charge in [-0.2, -0.15) is 13.2 Å². The first kappa shape index (κ1) is 17.9. The molecule has 1 rings (SSSR count). The molecule has 21 heavy (non-hydrogen) atoms. The largest absolute Gasteiger partial charge is 0.473 e. The monoisotopic (exact) mass is 310 g/mol. The Labute approximate surface area is 122 Å². The summed E-state index contributed by atoms with van der Waals surface area (Å²) in [5.74, 6) is -2.00. The molecule has 8 heteroatoms. The predicted molar refractivity (Wildman–Crippen MR) is 69.2 cm³/mol. The van der Waals surface area contributed by atoms with Crippen LogP contribution in [0.4, 0.5) is 13.2 Å². The maximum Gasteiger partial charge on any atom is 0.473 e. The van der Waals surface area contributed by atoms with Gasteiger partial charge < -0.3 is 4.79 Å². The molecule has 0 aromatic heterocycles. The number of alkyl halides is 3. The summed E-state index contributed by atoms with van der Waals surface area (Å²) >= 11 is 0. The molecule has 1 aliphatic rings. The summed E-state index contributed by atoms with van der Waals surface area (Å²) < 4.78 is 38.1. The standard InChI is InChI=1S/C13H21F3N2O3/c1-9(2)21-18(12(20)13(14,15)16)11-5-4-10(3)17(8-11)6-7-19/h7,9-11H,4-6,8H2,1-3H3/t10-,11?/m1/s1. The van der Waals surface area contributed by atoms with E-state index >= 15 is 0 Å². The Bertz CT molecular complexity index is 374. The van der Waals surface area contributed by atoms with Gasteiger partial charge >= 0.3 is 12.1 Å². The fourth-order valence-electron chi connectivity index (χ4n) is 2.35. The van der Waals surface area contributed by atoms with E-state index in [0.29, 0.717) is 24.2 Å². The smallest absolute Gasteiger partial charge is 0.302 e. The third-order valence-electron chi connectivity index (χ3n) is 3.39. The minimum Gasteiger partial charge on any atom is -0.302 e. The minimum absolute atomic E-state index is 0.0911. The van der Waals surface area contributed by atoms with Crippen molar-refractivity contribution >= 4 is 12.2 Å². The van der Waals surface area contributed by atoms with E-state index in [2.05, 4.69) is 0 Å². The van der Waals surface area contributed by atoms with Gasteiger partial charge in [-0.3, -0.25) is 14.5 Å². The number of halogens is 3. The van der Waals surface area contributed by atoms with Crippen molar-refractivity contribution in [1.82, 2.24) is 9.96 Å². The van der Waals surface area contributed by atoms with Crippen molar-refractivity contribution < 1.29 is 27.6 Å². The van der Waals surface area contributed by atoms with Crippen LogP contribution in [-0.2, 0) is 14.4 Å². The van der Waals surface area contributed by atoms with Crippen molar-refractivity contribution in [3.05, 3.63) is 0 Å². The molecule has 1 fully saturated rings. The maximum atomic E-state index is 12.7. The number of likely N-dealkylation sites (tertiary alicyclic amines) is 1. The third-order valence-corrected chi connectivity index (χ3v) is 3.39. The molecule has 0 aromatic carbocycles. The van der Waals surface area contributed by atoms with E-state index in [1.807, 2.05) is 6.92 Å². The molecular formula is C13H21F3N2O3. The number of rotatable bonds is 5. The van der Waals surface area contributed by atoms with E-state index < -0.39 is 24.2 Å². The lowest BCUT2D eigenvalue weighted by molar-refractivity contribution is -0.254. The number of hydrogen-bond donors (Lipinski definition) is 0. The van der Waals surface area contributed by atoms with Gasteiger partial charge in [0, 0.05) is 12.6 Å². The average molecular weight is 310 g/mol. The Morgan fingerprint density at radius 2 is 2.05 bits per heavy atom. The Morgan fingerprint density at radius 3 is 2.52 bits per heavy atom. The van der Waals surface area contributed by atoms with Crippen LogP contribution in [0.1, 0.15) is 33.6 Å². The van der Waals surface area contributed by atoms with Crippen LogP contribution >= 0.6 is 0 Å². The predicted octanol–water partition coefficient (Wildman–Crippen LogP) is 1.77. The molecule has 1 amide bonds. The molecule has 0 saturated carbocycles. The quantitative estimate of drug-likeness (QED) is 0.573. The van der Waals surface area contributed by atoms with Crippen LogP contribution in [0, 0.1) is 0 Å². The first-order valence-electron chi connectivity index (χ1n) is 6.91. The van der Waals surface area contributed by atoms with Crippen LogP contribution in [-0.4, -0.2) is 59.6 Å². The number of carbonyl (C=O) groups excluding carboxylic acids is 2. The van der Waals surface area contributed by atoms with Gasteiger partial charge in [-0.25, -0.2) is 5.06 Å². The number of hydroxylamine groups is 2. The van der Waals surface area contributed by atoms with Gasteiger partial charge in [0.1, 0.15) is 6.29 Å². The fourth-order valence-corrected chi connectivity index (χ4v) is 2.35. The number of piperidine rings is 1. The lowest BCUT2D eigenvalue weighted by Gasteiger charge is -2.41. The van der Waals surface area contributed by atoms with E-state index in [1.54, 1.807) is 18.7 Å². The van der Waals surface area contributed by atoms with E-state index in [-0.39, 0.29) is 19.1 Å². The van der Waals surface area contributed by atoms with Crippen LogP contribution in [0.15, 0.2) is 0 Å². The van der Waals surface area contributed by atoms with Gasteiger partial charge in [-0.15, -0.1) is 0 Å². The van der Waals surface area contributed by atoms with Crippen LogP contribution in [0.25, 0.3) is 0 Å². The Morgan fingerprint density at radius 1 is 1.43 bits per heavy atom. The van der Waals surface area contributed by atoms with Gasteiger partial charge in [0.05, 0.1) is 18.7 Å². The molecule has 0 spiro atoms. The van der Waals surface area contributed by atoms with Gasteiger partial charge in [-0.05, 0) is 33.6 Å². The highest BCUT2D eigenvalue weighted by Crippen LogP contribution is 2.26. The summed E-state index contributed by atoms with van der Waals surface area (Å²) in [4.78, 5) is 29.0. The topological polar surface area (TPSA) is 49.9 Å². The SMILES string of the molecule is CC(C)ON(C(=O)C(F)(F)F)C1CC[C@@H](C)N(CC=O)C1. The highest BCUT2D eigenvalue weighted by atomic mass is 19.4. The molecule has 122 valence electrons. The van der Waals surface area contributed by atoms with Crippen LogP contribution < -0.4 is 0 Å². The zero-order chi connectivity index (χ0) is 16.2. The summed E-state index contributed by atoms with van der Waals surface area (Å²) in [5, 5.41) is 0.439. The molecule has 5 nitrogen and oxygen atoms in total. The van der Waals surface area contributed by atoms with Crippen LogP contribution in [0.3, 0.4) is 0 Å². The number of hydrogen-bond acceptors (Lipinski definition) is 4. The molecule has 1 heterocycles. The number of carbonyl (C=O) groups is 2. The van der Waals surface area contributed by atoms with E-state index in [1.165, 1.54) is 0 Å². The van der Waals surface area contributed by atoms with Crippen molar-refractivity contribution in [1.29, 1.82) is 0 Å². The Hall–Kier alpha value is -1.15. The van der Waals surface area contributed by atoms with Gasteiger partial charge in [0.15, 0.2) is 0 Å². The molecular weight excluding hydrogens is 289 g/mol. The summed E-state index contributed by atoms with van der Waals surface area (Å²) in [6, 6.07) is -0.619. The van der Waals surface area contributed by atoms with Gasteiger partial charge in [0.2, 0.25) is 0 Å². The molecule has 1 aliphatic heterocycles. The molecule has 0 bridgehead atoms. The molecule has 1 saturated heterocycles. The van der Waals surface area contributed by atoms with Gasteiger partial charge in [0.25, 0.3) is 0 Å². The van der Waals surface area contributed by atoms with Crippen LogP contribution in [0.2, 0.25) is 0 Å². The fraction of sp³-hybridized carbons (Fsp3) is 0.846. The summed E-state index contributed by atoms with van der Waals surface area (Å²) in [6.45, 7) is 5.34. The van der Waals surface area contributed by atoms with E-state index in [0.717, 1.165) is 0 Å². The van der Waals surface area contributed by atoms with Gasteiger partial charge in [-0.1, -0.05) is 0 Å². The number of aldehydes is 1. The Kier molecular flexibility index (Phi) is 6.15. The maximum absolute atomic E-state index is 12.7. The second-order valence-electron chi connectivity index (χ2n) is 5.48. The second kappa shape index (κ2) is 7.22. The molecule has 0 aromatic rings. The summed E-state index contributed by atoms with van der Waals surface area (Å²) in [5.41, 5.74) is 0. The minimum atomic E-state index is -4.98. The molecule has 0 radical (unpaired) electrons. The van der Waals surface area contributed by atoms with Crippen molar-refractivity contribution in [2.45, 2.75) is 58.0 Å². The van der Waals surface area contributed by atoms with E-state index in [9.17, 15) is 22.8 Å². The highest BCUT2D eigenvalue weighted by Gasteiger charge is 2.47. The van der Waals surface area contributed by atoms with Crippen molar-refractivity contribution in [2.75, 3.05) is 13.1 Å². The van der Waals surface area contributed by atoms with Crippen molar-refractivity contribution in [2.24, 2.45) is 0 Å². The third kappa shape index (κ3) is 4.96. The summed E-state index contributed by atoms with van der Waals surface area (Å²) in [7, 11) is 0. The highest BCUT2D eigenvalue weighted by molar-refractivity contribution is 5.81. The second-order valence-corrected chi connectivity index (χ2v) is 5.48. The lowest BCUT2D eigenvalue weighted by atomic mass is 9.99. The number of amides is 1. The normalized spacial score (nSPS) is 24.1. The van der Waals surface area contributed by atoms with Crippen LogP contribution in [0.5, 0.6) is 0 Å². The zero-order valence-corrected chi connectivity index (χ0v) is 12.4. The first-order chi connectivity index (χ1) is 9.66. The zero-order valence-electron chi connectivity index (χ0n) is 12.4. The van der Waals surface area contributed by atoms with E-state index in [4.69, 9.17) is 4.84 Å². The molecule has 1 unspecified atom stereocenters. The Balaban J connectivity index is 2.88. The summed E-state index contributed by atoms with van der Waals surface area (Å²) in [6.07, 6.45) is -3.81. The molecule has 2 atom stereocenters.